The van der Waals surface area contributed by atoms with Gasteiger partial charge >= 0.3 is 0 Å². The minimum atomic E-state index is -0.191. The van der Waals surface area contributed by atoms with Crippen molar-refractivity contribution in [1.29, 1.82) is 0 Å². The largest absolute Gasteiger partial charge is 0.494 e. The lowest BCUT2D eigenvalue weighted by Crippen LogP contribution is -1.93. The normalized spacial score (nSPS) is 10.6. The van der Waals surface area contributed by atoms with Crippen LogP contribution in [0.1, 0.15) is 12.5 Å². The van der Waals surface area contributed by atoms with Crippen molar-refractivity contribution in [1.82, 2.24) is 10.2 Å². The zero-order valence-corrected chi connectivity index (χ0v) is 14.1. The van der Waals surface area contributed by atoms with Gasteiger partial charge in [-0.3, -0.25) is 0 Å². The molecule has 0 fully saturated rings. The van der Waals surface area contributed by atoms with Crippen molar-refractivity contribution in [3.05, 3.63) is 72.0 Å². The monoisotopic (exact) mass is 340 g/mol. The fraction of sp³-hybridized carbons (Fsp3) is 0.158. The first-order chi connectivity index (χ1) is 11.8. The first kappa shape index (κ1) is 16.5. The lowest BCUT2D eigenvalue weighted by molar-refractivity contribution is 0.340. The first-order valence-corrected chi connectivity index (χ1v) is 8.68. The molecule has 0 aliphatic heterocycles. The maximum atomic E-state index is 13.6. The van der Waals surface area contributed by atoms with Crippen LogP contribution < -0.4 is 4.74 Å². The second kappa shape index (κ2) is 7.93. The van der Waals surface area contributed by atoms with Gasteiger partial charge in [0.2, 0.25) is 0 Å². The maximum Gasteiger partial charge on any atom is 0.127 e. The van der Waals surface area contributed by atoms with E-state index in [4.69, 9.17) is 4.74 Å². The van der Waals surface area contributed by atoms with E-state index in [0.717, 1.165) is 22.0 Å². The summed E-state index contributed by atoms with van der Waals surface area (Å²) in [6.07, 6.45) is 0. The zero-order chi connectivity index (χ0) is 16.8. The van der Waals surface area contributed by atoms with Crippen LogP contribution in [0.4, 0.5) is 4.39 Å². The Hall–Kier alpha value is -2.40. The second-order valence-corrected chi connectivity index (χ2v) is 6.09. The highest BCUT2D eigenvalue weighted by Crippen LogP contribution is 2.24. The molecule has 0 saturated heterocycles. The number of hydrogen-bond acceptors (Lipinski definition) is 4. The van der Waals surface area contributed by atoms with E-state index < -0.39 is 0 Å². The van der Waals surface area contributed by atoms with Crippen LogP contribution in [0, 0.1) is 5.82 Å². The van der Waals surface area contributed by atoms with Crippen molar-refractivity contribution in [2.45, 2.75) is 17.7 Å². The summed E-state index contributed by atoms with van der Waals surface area (Å²) in [4.78, 5) is 0. The summed E-state index contributed by atoms with van der Waals surface area (Å²) >= 11 is 1.47. The van der Waals surface area contributed by atoms with Crippen LogP contribution >= 0.6 is 11.8 Å². The van der Waals surface area contributed by atoms with E-state index in [0.29, 0.717) is 17.9 Å². The van der Waals surface area contributed by atoms with Gasteiger partial charge in [-0.25, -0.2) is 4.39 Å². The Morgan fingerprint density at radius 1 is 0.958 bits per heavy atom. The molecule has 0 radical (unpaired) electrons. The van der Waals surface area contributed by atoms with Gasteiger partial charge in [0.1, 0.15) is 16.6 Å². The number of ether oxygens (including phenoxy) is 1. The van der Waals surface area contributed by atoms with E-state index in [-0.39, 0.29) is 5.82 Å². The highest BCUT2D eigenvalue weighted by atomic mass is 32.2. The van der Waals surface area contributed by atoms with Crippen molar-refractivity contribution in [2.75, 3.05) is 6.61 Å². The summed E-state index contributed by atoms with van der Waals surface area (Å²) in [7, 11) is 0. The van der Waals surface area contributed by atoms with Crippen LogP contribution in [-0.2, 0) is 5.75 Å². The number of hydrogen-bond donors (Lipinski definition) is 0. The molecule has 1 aromatic heterocycles. The average Bonchev–Trinajstić information content (AvgIpc) is 2.63. The number of nitrogens with zero attached hydrogens (tertiary/aromatic N) is 2. The van der Waals surface area contributed by atoms with Crippen LogP contribution in [0.2, 0.25) is 0 Å². The molecule has 0 spiro atoms. The summed E-state index contributed by atoms with van der Waals surface area (Å²) in [6, 6.07) is 18.4. The van der Waals surface area contributed by atoms with Crippen LogP contribution in [-0.4, -0.2) is 16.8 Å². The standard InChI is InChI=1S/C19H17FN2OS/c1-2-23-16-9-7-14(8-10-16)18-11-12-19(22-21-18)24-13-15-5-3-4-6-17(15)20/h3-12H,2,13H2,1H3. The Balaban J connectivity index is 1.65. The SMILES string of the molecule is CCOc1ccc(-c2ccc(SCc3ccccc3F)nn2)cc1. The van der Waals surface area contributed by atoms with Gasteiger partial charge in [-0.2, -0.15) is 0 Å². The van der Waals surface area contributed by atoms with Crippen molar-refractivity contribution in [2.24, 2.45) is 0 Å². The Morgan fingerprint density at radius 2 is 1.75 bits per heavy atom. The van der Waals surface area contributed by atoms with Gasteiger partial charge in [0.05, 0.1) is 12.3 Å². The van der Waals surface area contributed by atoms with E-state index in [2.05, 4.69) is 10.2 Å². The van der Waals surface area contributed by atoms with Crippen molar-refractivity contribution >= 4 is 11.8 Å². The molecule has 1 heterocycles. The Kier molecular flexibility index (Phi) is 5.43. The molecule has 0 aliphatic carbocycles. The maximum absolute atomic E-state index is 13.6. The quantitative estimate of drug-likeness (QED) is 0.593. The molecule has 0 aliphatic rings. The molecule has 0 amide bonds. The number of thioether (sulfide) groups is 1. The molecule has 2 aromatic carbocycles. The zero-order valence-electron chi connectivity index (χ0n) is 13.3. The number of halogens is 1. The summed E-state index contributed by atoms with van der Waals surface area (Å²) in [5.41, 5.74) is 2.45. The summed E-state index contributed by atoms with van der Waals surface area (Å²) < 4.78 is 19.0. The second-order valence-electron chi connectivity index (χ2n) is 5.09. The number of benzene rings is 2. The topological polar surface area (TPSA) is 35.0 Å². The average molecular weight is 340 g/mol. The van der Waals surface area contributed by atoms with Crippen molar-refractivity contribution in [3.63, 3.8) is 0 Å². The van der Waals surface area contributed by atoms with Gasteiger partial charge in [-0.15, -0.1) is 10.2 Å². The van der Waals surface area contributed by atoms with Crippen molar-refractivity contribution < 1.29 is 9.13 Å². The predicted molar refractivity (Wildman–Crippen MR) is 94.6 cm³/mol. The van der Waals surface area contributed by atoms with Gasteiger partial charge in [-0.05, 0) is 55.0 Å². The highest BCUT2D eigenvalue weighted by Gasteiger charge is 2.05. The third-order valence-electron chi connectivity index (χ3n) is 3.43. The fourth-order valence-corrected chi connectivity index (χ4v) is 3.01. The number of aromatic nitrogens is 2. The molecule has 122 valence electrons. The Labute approximate surface area is 144 Å². The molecule has 0 bridgehead atoms. The van der Waals surface area contributed by atoms with Gasteiger partial charge in [0.25, 0.3) is 0 Å². The van der Waals surface area contributed by atoms with Crippen LogP contribution in [0.3, 0.4) is 0 Å². The Bertz CT molecular complexity index is 791. The molecule has 3 nitrogen and oxygen atoms in total. The predicted octanol–water partition coefficient (Wildman–Crippen LogP) is 4.97. The molecule has 24 heavy (non-hydrogen) atoms. The van der Waals surface area contributed by atoms with Crippen LogP contribution in [0.15, 0.2) is 65.7 Å². The third kappa shape index (κ3) is 4.11. The molecule has 3 rings (SSSR count). The van der Waals surface area contributed by atoms with E-state index in [1.807, 2.05) is 49.4 Å². The van der Waals surface area contributed by atoms with E-state index >= 15 is 0 Å². The molecule has 0 atom stereocenters. The minimum absolute atomic E-state index is 0.191. The molecule has 0 saturated carbocycles. The van der Waals surface area contributed by atoms with Crippen LogP contribution in [0.5, 0.6) is 5.75 Å². The van der Waals surface area contributed by atoms with E-state index in [1.54, 1.807) is 12.1 Å². The molecule has 0 unspecified atom stereocenters. The number of rotatable bonds is 6. The third-order valence-corrected chi connectivity index (χ3v) is 4.40. The molecule has 0 N–H and O–H groups in total. The van der Waals surface area contributed by atoms with Gasteiger partial charge < -0.3 is 4.74 Å². The lowest BCUT2D eigenvalue weighted by Gasteiger charge is -2.05. The molecular weight excluding hydrogens is 323 g/mol. The van der Waals surface area contributed by atoms with E-state index in [1.165, 1.54) is 17.8 Å². The summed E-state index contributed by atoms with van der Waals surface area (Å²) in [5.74, 6) is 1.18. The molecular formula is C19H17FN2OS. The summed E-state index contributed by atoms with van der Waals surface area (Å²) in [6.45, 7) is 2.60. The van der Waals surface area contributed by atoms with Gasteiger partial charge in [0.15, 0.2) is 0 Å². The van der Waals surface area contributed by atoms with Gasteiger partial charge in [-0.1, -0.05) is 30.0 Å². The Morgan fingerprint density at radius 3 is 2.42 bits per heavy atom. The van der Waals surface area contributed by atoms with Crippen molar-refractivity contribution in [3.8, 4) is 17.0 Å². The summed E-state index contributed by atoms with van der Waals surface area (Å²) in [5, 5.41) is 9.24. The molecule has 5 heteroatoms. The highest BCUT2D eigenvalue weighted by molar-refractivity contribution is 7.98. The molecule has 3 aromatic rings. The van der Waals surface area contributed by atoms with Crippen LogP contribution in [0.25, 0.3) is 11.3 Å². The first-order valence-electron chi connectivity index (χ1n) is 7.69. The van der Waals surface area contributed by atoms with E-state index in [9.17, 15) is 4.39 Å². The van der Waals surface area contributed by atoms with Gasteiger partial charge in [0, 0.05) is 11.3 Å². The smallest absolute Gasteiger partial charge is 0.127 e. The lowest BCUT2D eigenvalue weighted by atomic mass is 10.1. The fourth-order valence-electron chi connectivity index (χ4n) is 2.21. The minimum Gasteiger partial charge on any atom is -0.494 e.